The van der Waals surface area contributed by atoms with Crippen molar-refractivity contribution >= 4 is 6.03 Å². The number of hydrogen-bond acceptors (Lipinski definition) is 2. The van der Waals surface area contributed by atoms with Gasteiger partial charge in [0.1, 0.15) is 5.75 Å². The summed E-state index contributed by atoms with van der Waals surface area (Å²) >= 11 is 0. The van der Waals surface area contributed by atoms with Crippen molar-refractivity contribution in [3.05, 3.63) is 65.2 Å². The first kappa shape index (κ1) is 14.9. The number of hydrogen-bond donors (Lipinski definition) is 3. The van der Waals surface area contributed by atoms with Crippen molar-refractivity contribution < 1.29 is 9.90 Å². The van der Waals surface area contributed by atoms with E-state index in [2.05, 4.69) is 10.6 Å². The topological polar surface area (TPSA) is 61.4 Å². The van der Waals surface area contributed by atoms with Gasteiger partial charge in [0, 0.05) is 13.1 Å². The fraction of sp³-hybridized carbons (Fsp3) is 0.235. The van der Waals surface area contributed by atoms with Crippen molar-refractivity contribution in [1.29, 1.82) is 0 Å². The van der Waals surface area contributed by atoms with Gasteiger partial charge in [-0.05, 0) is 36.6 Å². The quantitative estimate of drug-likeness (QED) is 0.790. The molecule has 0 bridgehead atoms. The van der Waals surface area contributed by atoms with Crippen molar-refractivity contribution in [1.82, 2.24) is 10.6 Å². The van der Waals surface area contributed by atoms with E-state index in [9.17, 15) is 9.90 Å². The van der Waals surface area contributed by atoms with E-state index < -0.39 is 0 Å². The Kier molecular flexibility index (Phi) is 5.21. The molecule has 0 fully saturated rings. The number of nitrogens with one attached hydrogen (secondary N) is 2. The Labute approximate surface area is 124 Å². The van der Waals surface area contributed by atoms with Crippen molar-refractivity contribution in [2.75, 3.05) is 6.54 Å². The zero-order chi connectivity index (χ0) is 15.1. The lowest BCUT2D eigenvalue weighted by Gasteiger charge is -2.08. The lowest BCUT2D eigenvalue weighted by Crippen LogP contribution is -2.36. The smallest absolute Gasteiger partial charge is 0.315 e. The van der Waals surface area contributed by atoms with Crippen molar-refractivity contribution in [2.45, 2.75) is 19.9 Å². The summed E-state index contributed by atoms with van der Waals surface area (Å²) in [6.07, 6.45) is 0.734. The predicted molar refractivity (Wildman–Crippen MR) is 83.2 cm³/mol. The molecule has 0 spiro atoms. The molecule has 0 unspecified atom stereocenters. The summed E-state index contributed by atoms with van der Waals surface area (Å²) in [6, 6.07) is 14.9. The molecule has 4 heteroatoms. The van der Waals surface area contributed by atoms with Crippen LogP contribution in [0.25, 0.3) is 0 Å². The molecule has 4 nitrogen and oxygen atoms in total. The molecule has 0 aliphatic heterocycles. The Morgan fingerprint density at radius 3 is 2.24 bits per heavy atom. The summed E-state index contributed by atoms with van der Waals surface area (Å²) in [5.41, 5.74) is 3.36. The predicted octanol–water partition coefficient (Wildman–Crippen LogP) is 2.74. The highest BCUT2D eigenvalue weighted by Crippen LogP contribution is 2.09. The van der Waals surface area contributed by atoms with Crippen LogP contribution in [0.15, 0.2) is 48.5 Å². The van der Waals surface area contributed by atoms with Crippen LogP contribution in [0.1, 0.15) is 16.7 Å². The molecule has 0 atom stereocenters. The molecule has 0 saturated carbocycles. The van der Waals surface area contributed by atoms with Crippen LogP contribution in [0.4, 0.5) is 4.79 Å². The molecule has 0 aliphatic carbocycles. The molecule has 21 heavy (non-hydrogen) atoms. The van der Waals surface area contributed by atoms with E-state index >= 15 is 0 Å². The van der Waals surface area contributed by atoms with Crippen LogP contribution in [-0.4, -0.2) is 17.7 Å². The Bertz CT molecular complexity index is 577. The standard InChI is InChI=1S/C17H20N2O2/c1-13-2-4-15(5-3-13)12-19-17(21)18-11-10-14-6-8-16(20)9-7-14/h2-9,20H,10-12H2,1H3,(H2,18,19,21). The lowest BCUT2D eigenvalue weighted by molar-refractivity contribution is 0.240. The second kappa shape index (κ2) is 7.33. The van der Waals surface area contributed by atoms with Gasteiger partial charge < -0.3 is 15.7 Å². The van der Waals surface area contributed by atoms with Crippen LogP contribution in [-0.2, 0) is 13.0 Å². The monoisotopic (exact) mass is 284 g/mol. The number of aryl methyl sites for hydroxylation is 1. The third-order valence-electron chi connectivity index (χ3n) is 3.21. The van der Waals surface area contributed by atoms with Gasteiger partial charge in [0.05, 0.1) is 0 Å². The molecule has 2 rings (SSSR count). The fourth-order valence-corrected chi connectivity index (χ4v) is 1.93. The van der Waals surface area contributed by atoms with Gasteiger partial charge in [-0.1, -0.05) is 42.0 Å². The summed E-state index contributed by atoms with van der Waals surface area (Å²) in [5.74, 6) is 0.252. The van der Waals surface area contributed by atoms with E-state index in [1.165, 1.54) is 5.56 Å². The minimum absolute atomic E-state index is 0.172. The number of carbonyl (C=O) groups is 1. The Morgan fingerprint density at radius 1 is 0.952 bits per heavy atom. The molecule has 0 saturated heterocycles. The van der Waals surface area contributed by atoms with E-state index in [-0.39, 0.29) is 11.8 Å². The van der Waals surface area contributed by atoms with E-state index in [0.717, 1.165) is 17.5 Å². The normalized spacial score (nSPS) is 10.1. The van der Waals surface area contributed by atoms with E-state index in [0.29, 0.717) is 13.1 Å². The second-order valence-corrected chi connectivity index (χ2v) is 5.01. The van der Waals surface area contributed by atoms with Gasteiger partial charge in [-0.2, -0.15) is 0 Å². The van der Waals surface area contributed by atoms with Gasteiger partial charge in [-0.3, -0.25) is 0 Å². The van der Waals surface area contributed by atoms with Crippen molar-refractivity contribution in [3.8, 4) is 5.75 Å². The summed E-state index contributed by atoms with van der Waals surface area (Å²) in [6.45, 7) is 3.11. The van der Waals surface area contributed by atoms with Gasteiger partial charge in [0.25, 0.3) is 0 Å². The van der Waals surface area contributed by atoms with E-state index in [1.54, 1.807) is 12.1 Å². The third kappa shape index (κ3) is 5.18. The first-order valence-corrected chi connectivity index (χ1v) is 6.98. The highest BCUT2D eigenvalue weighted by atomic mass is 16.3. The Hall–Kier alpha value is -2.49. The number of carbonyl (C=O) groups excluding carboxylic acids is 1. The number of aromatic hydroxyl groups is 1. The maximum Gasteiger partial charge on any atom is 0.315 e. The maximum absolute atomic E-state index is 11.7. The van der Waals surface area contributed by atoms with Crippen LogP contribution in [0.3, 0.4) is 0 Å². The van der Waals surface area contributed by atoms with E-state index in [1.807, 2.05) is 43.3 Å². The molecule has 0 radical (unpaired) electrons. The van der Waals surface area contributed by atoms with Crippen molar-refractivity contribution in [3.63, 3.8) is 0 Å². The SMILES string of the molecule is Cc1ccc(CNC(=O)NCCc2ccc(O)cc2)cc1. The van der Waals surface area contributed by atoms with Gasteiger partial charge in [0.2, 0.25) is 0 Å². The number of phenolic OH excluding ortho intramolecular Hbond substituents is 1. The number of rotatable bonds is 5. The molecule has 0 aliphatic rings. The van der Waals surface area contributed by atoms with Gasteiger partial charge in [0.15, 0.2) is 0 Å². The van der Waals surface area contributed by atoms with Gasteiger partial charge in [-0.25, -0.2) is 4.79 Å². The minimum atomic E-state index is -0.172. The van der Waals surface area contributed by atoms with E-state index in [4.69, 9.17) is 0 Å². The van der Waals surface area contributed by atoms with Crippen LogP contribution in [0.2, 0.25) is 0 Å². The molecule has 2 aromatic rings. The third-order valence-corrected chi connectivity index (χ3v) is 3.21. The van der Waals surface area contributed by atoms with Gasteiger partial charge >= 0.3 is 6.03 Å². The Balaban J connectivity index is 1.67. The fourth-order valence-electron chi connectivity index (χ4n) is 1.93. The summed E-state index contributed by atoms with van der Waals surface area (Å²) in [4.78, 5) is 11.7. The summed E-state index contributed by atoms with van der Waals surface area (Å²) in [7, 11) is 0. The van der Waals surface area contributed by atoms with Crippen LogP contribution >= 0.6 is 0 Å². The first-order valence-electron chi connectivity index (χ1n) is 6.98. The molecule has 0 aromatic heterocycles. The molecule has 2 aromatic carbocycles. The van der Waals surface area contributed by atoms with Crippen LogP contribution in [0, 0.1) is 6.92 Å². The molecular weight excluding hydrogens is 264 g/mol. The number of phenols is 1. The van der Waals surface area contributed by atoms with Crippen LogP contribution in [0.5, 0.6) is 5.75 Å². The summed E-state index contributed by atoms with van der Waals surface area (Å²) in [5, 5.41) is 14.8. The Morgan fingerprint density at radius 2 is 1.57 bits per heavy atom. The summed E-state index contributed by atoms with van der Waals surface area (Å²) < 4.78 is 0. The average molecular weight is 284 g/mol. The largest absolute Gasteiger partial charge is 0.508 e. The highest BCUT2D eigenvalue weighted by Gasteiger charge is 2.00. The molecule has 3 N–H and O–H groups in total. The zero-order valence-electron chi connectivity index (χ0n) is 12.1. The first-order chi connectivity index (χ1) is 10.1. The van der Waals surface area contributed by atoms with Crippen LogP contribution < -0.4 is 10.6 Å². The zero-order valence-corrected chi connectivity index (χ0v) is 12.1. The average Bonchev–Trinajstić information content (AvgIpc) is 2.49. The number of urea groups is 1. The lowest BCUT2D eigenvalue weighted by atomic mass is 10.1. The molecular formula is C17H20N2O2. The van der Waals surface area contributed by atoms with Crippen molar-refractivity contribution in [2.24, 2.45) is 0 Å². The number of amides is 2. The van der Waals surface area contributed by atoms with Gasteiger partial charge in [-0.15, -0.1) is 0 Å². The second-order valence-electron chi connectivity index (χ2n) is 5.01. The maximum atomic E-state index is 11.7. The molecule has 110 valence electrons. The molecule has 0 heterocycles. The number of benzene rings is 2. The highest BCUT2D eigenvalue weighted by molar-refractivity contribution is 5.73. The molecule has 2 amide bonds. The minimum Gasteiger partial charge on any atom is -0.508 e.